The molecule has 1 amide bonds. The Balaban J connectivity index is 2.21. The molecular weight excluding hydrogens is 376 g/mol. The van der Waals surface area contributed by atoms with Crippen LogP contribution in [0.1, 0.15) is 55.0 Å². The zero-order chi connectivity index (χ0) is 17.9. The first-order valence-electron chi connectivity index (χ1n) is 7.42. The van der Waals surface area contributed by atoms with Crippen LogP contribution in [-0.4, -0.2) is 22.1 Å². The van der Waals surface area contributed by atoms with Crippen LogP contribution < -0.4 is 5.32 Å². The van der Waals surface area contributed by atoms with Crippen molar-refractivity contribution in [2.75, 3.05) is 0 Å². The number of amides is 1. The maximum atomic E-state index is 12.4. The number of aliphatic carboxylic acids is 1. The lowest BCUT2D eigenvalue weighted by molar-refractivity contribution is -0.137. The maximum Gasteiger partial charge on any atom is 0.305 e. The predicted molar refractivity (Wildman–Crippen MR) is 91.8 cm³/mol. The van der Waals surface area contributed by atoms with E-state index in [1.165, 1.54) is 0 Å². The van der Waals surface area contributed by atoms with Crippen LogP contribution in [0.3, 0.4) is 0 Å². The first-order chi connectivity index (χ1) is 11.2. The van der Waals surface area contributed by atoms with Gasteiger partial charge in [-0.3, -0.25) is 9.59 Å². The number of benzene rings is 1. The molecule has 0 aliphatic carbocycles. The summed E-state index contributed by atoms with van der Waals surface area (Å²) in [5.74, 6) is -0.888. The van der Waals surface area contributed by atoms with Crippen molar-refractivity contribution in [3.8, 4) is 0 Å². The van der Waals surface area contributed by atoms with E-state index >= 15 is 0 Å². The number of rotatable bonds is 5. The van der Waals surface area contributed by atoms with E-state index in [1.807, 2.05) is 26.8 Å². The summed E-state index contributed by atoms with van der Waals surface area (Å²) >= 11 is 3.35. The number of halogens is 1. The highest BCUT2D eigenvalue weighted by atomic mass is 79.9. The van der Waals surface area contributed by atoms with Gasteiger partial charge in [-0.15, -0.1) is 0 Å². The summed E-state index contributed by atoms with van der Waals surface area (Å²) in [6.45, 7) is 5.85. The second-order valence-corrected chi connectivity index (χ2v) is 7.42. The average molecular weight is 395 g/mol. The number of hydrogen-bond donors (Lipinski definition) is 2. The average Bonchev–Trinajstić information content (AvgIpc) is 2.96. The number of nitrogens with one attached hydrogen (secondary N) is 1. The van der Waals surface area contributed by atoms with Crippen LogP contribution in [0.5, 0.6) is 0 Å². The third kappa shape index (κ3) is 4.67. The Morgan fingerprint density at radius 2 is 2.04 bits per heavy atom. The molecule has 24 heavy (non-hydrogen) atoms. The number of carbonyl (C=O) groups excluding carboxylic acids is 1. The highest BCUT2D eigenvalue weighted by Crippen LogP contribution is 2.24. The Kier molecular flexibility index (Phi) is 5.43. The van der Waals surface area contributed by atoms with Gasteiger partial charge in [-0.25, -0.2) is 0 Å². The lowest BCUT2D eigenvalue weighted by atomic mass is 9.93. The SMILES string of the molecule is CC(C)(C)c1cc(C(=O)NC(CC(=O)O)c2cccc(Br)c2)no1. The van der Waals surface area contributed by atoms with Crippen molar-refractivity contribution in [2.45, 2.75) is 38.6 Å². The number of aromatic nitrogens is 1. The van der Waals surface area contributed by atoms with Gasteiger partial charge in [0.05, 0.1) is 12.5 Å². The lowest BCUT2D eigenvalue weighted by Crippen LogP contribution is -2.30. The number of carboxylic acids is 1. The van der Waals surface area contributed by atoms with E-state index in [0.29, 0.717) is 11.3 Å². The van der Waals surface area contributed by atoms with E-state index in [1.54, 1.807) is 24.3 Å². The van der Waals surface area contributed by atoms with Crippen molar-refractivity contribution in [3.05, 3.63) is 51.8 Å². The maximum absolute atomic E-state index is 12.4. The molecule has 1 aromatic carbocycles. The Labute approximate surface area is 148 Å². The third-order valence-corrected chi connectivity index (χ3v) is 3.91. The minimum absolute atomic E-state index is 0.130. The molecule has 0 bridgehead atoms. The van der Waals surface area contributed by atoms with Crippen LogP contribution >= 0.6 is 15.9 Å². The quantitative estimate of drug-likeness (QED) is 0.806. The molecule has 0 fully saturated rings. The van der Waals surface area contributed by atoms with Crippen molar-refractivity contribution in [3.63, 3.8) is 0 Å². The summed E-state index contributed by atoms with van der Waals surface area (Å²) in [6.07, 6.45) is -0.230. The van der Waals surface area contributed by atoms with Crippen LogP contribution in [-0.2, 0) is 10.2 Å². The topological polar surface area (TPSA) is 92.4 Å². The first kappa shape index (κ1) is 18.2. The Bertz CT molecular complexity index is 749. The largest absolute Gasteiger partial charge is 0.481 e. The monoisotopic (exact) mass is 394 g/mol. The first-order valence-corrected chi connectivity index (χ1v) is 8.21. The summed E-state index contributed by atoms with van der Waals surface area (Å²) in [5, 5.41) is 15.6. The second-order valence-electron chi connectivity index (χ2n) is 6.51. The molecule has 1 unspecified atom stereocenters. The summed E-state index contributed by atoms with van der Waals surface area (Å²) in [4.78, 5) is 23.5. The molecule has 0 aliphatic heterocycles. The van der Waals surface area contributed by atoms with Crippen LogP contribution in [0.15, 0.2) is 39.3 Å². The molecule has 0 radical (unpaired) electrons. The molecule has 1 heterocycles. The van der Waals surface area contributed by atoms with E-state index in [9.17, 15) is 9.59 Å². The molecule has 2 rings (SSSR count). The molecular formula is C17H19BrN2O4. The molecule has 0 saturated heterocycles. The van der Waals surface area contributed by atoms with Gasteiger partial charge in [-0.2, -0.15) is 0 Å². The van der Waals surface area contributed by atoms with E-state index in [-0.39, 0.29) is 17.5 Å². The van der Waals surface area contributed by atoms with Crippen molar-refractivity contribution < 1.29 is 19.2 Å². The molecule has 0 saturated carbocycles. The highest BCUT2D eigenvalue weighted by Gasteiger charge is 2.24. The summed E-state index contributed by atoms with van der Waals surface area (Å²) in [7, 11) is 0. The molecule has 1 atom stereocenters. The van der Waals surface area contributed by atoms with Gasteiger partial charge in [0.25, 0.3) is 5.91 Å². The van der Waals surface area contributed by atoms with Crippen molar-refractivity contribution in [1.29, 1.82) is 0 Å². The molecule has 7 heteroatoms. The number of carbonyl (C=O) groups is 2. The van der Waals surface area contributed by atoms with Gasteiger partial charge in [0.15, 0.2) is 5.69 Å². The van der Waals surface area contributed by atoms with Crippen molar-refractivity contribution in [1.82, 2.24) is 10.5 Å². The molecule has 2 N–H and O–H groups in total. The van der Waals surface area contributed by atoms with Gasteiger partial charge >= 0.3 is 5.97 Å². The summed E-state index contributed by atoms with van der Waals surface area (Å²) in [5.41, 5.74) is 0.556. The smallest absolute Gasteiger partial charge is 0.305 e. The standard InChI is InChI=1S/C17H19BrN2O4/c1-17(2,3)14-8-13(20-24-14)16(23)19-12(9-15(21)22)10-5-4-6-11(18)7-10/h4-8,12H,9H2,1-3H3,(H,19,23)(H,21,22). The van der Waals surface area contributed by atoms with E-state index in [0.717, 1.165) is 4.47 Å². The molecule has 128 valence electrons. The number of hydrogen-bond acceptors (Lipinski definition) is 4. The van der Waals surface area contributed by atoms with Crippen LogP contribution in [0.4, 0.5) is 0 Å². The van der Waals surface area contributed by atoms with Crippen LogP contribution in [0, 0.1) is 0 Å². The number of carboxylic acid groups (broad SMARTS) is 1. The van der Waals surface area contributed by atoms with E-state index in [4.69, 9.17) is 9.63 Å². The van der Waals surface area contributed by atoms with Gasteiger partial charge in [-0.05, 0) is 17.7 Å². The van der Waals surface area contributed by atoms with Crippen molar-refractivity contribution >= 4 is 27.8 Å². The van der Waals surface area contributed by atoms with Crippen LogP contribution in [0.2, 0.25) is 0 Å². The van der Waals surface area contributed by atoms with E-state index in [2.05, 4.69) is 26.4 Å². The molecule has 2 aromatic rings. The lowest BCUT2D eigenvalue weighted by Gasteiger charge is -2.17. The summed E-state index contributed by atoms with van der Waals surface area (Å²) < 4.78 is 6.01. The van der Waals surface area contributed by atoms with E-state index < -0.39 is 17.9 Å². The van der Waals surface area contributed by atoms with Crippen LogP contribution in [0.25, 0.3) is 0 Å². The van der Waals surface area contributed by atoms with Gasteiger partial charge in [0.1, 0.15) is 5.76 Å². The number of nitrogens with zero attached hydrogens (tertiary/aromatic N) is 1. The van der Waals surface area contributed by atoms with Gasteiger partial charge < -0.3 is 14.9 Å². The van der Waals surface area contributed by atoms with Gasteiger partial charge in [0.2, 0.25) is 0 Å². The minimum atomic E-state index is -1.00. The summed E-state index contributed by atoms with van der Waals surface area (Å²) in [6, 6.07) is 8.07. The van der Waals surface area contributed by atoms with Crippen molar-refractivity contribution in [2.24, 2.45) is 0 Å². The fourth-order valence-electron chi connectivity index (χ4n) is 2.12. The molecule has 1 aromatic heterocycles. The normalized spacial score (nSPS) is 12.7. The fourth-order valence-corrected chi connectivity index (χ4v) is 2.53. The minimum Gasteiger partial charge on any atom is -0.481 e. The Morgan fingerprint density at radius 1 is 1.33 bits per heavy atom. The highest BCUT2D eigenvalue weighted by molar-refractivity contribution is 9.10. The molecule has 0 spiro atoms. The zero-order valence-electron chi connectivity index (χ0n) is 13.7. The third-order valence-electron chi connectivity index (χ3n) is 3.42. The second kappa shape index (κ2) is 7.17. The molecule has 0 aliphatic rings. The van der Waals surface area contributed by atoms with Gasteiger partial charge in [0, 0.05) is 16.0 Å². The Hall–Kier alpha value is -2.15. The van der Waals surface area contributed by atoms with Gasteiger partial charge in [-0.1, -0.05) is 54.0 Å². The molecule has 6 nitrogen and oxygen atoms in total. The fraction of sp³-hybridized carbons (Fsp3) is 0.353. The predicted octanol–water partition coefficient (Wildman–Crippen LogP) is 3.68. The zero-order valence-corrected chi connectivity index (χ0v) is 15.3. The Morgan fingerprint density at radius 3 is 2.58 bits per heavy atom.